The molecule has 86 valence electrons. The Bertz CT molecular complexity index is 238. The third-order valence-corrected chi connectivity index (χ3v) is 2.41. The molecule has 2 atom stereocenters. The lowest BCUT2D eigenvalue weighted by atomic mass is 10.1. The molecule has 1 aliphatic heterocycles. The summed E-state index contributed by atoms with van der Waals surface area (Å²) >= 11 is 0. The molecule has 1 saturated heterocycles. The van der Waals surface area contributed by atoms with Crippen LogP contribution < -0.4 is 10.6 Å². The minimum Gasteiger partial charge on any atom is -0.480 e. The lowest BCUT2D eigenvalue weighted by Crippen LogP contribution is -2.48. The van der Waals surface area contributed by atoms with E-state index in [1.807, 2.05) is 0 Å². The van der Waals surface area contributed by atoms with Gasteiger partial charge in [-0.05, 0) is 19.4 Å². The quantitative estimate of drug-likeness (QED) is 0.457. The monoisotopic (exact) mass is 216 g/mol. The van der Waals surface area contributed by atoms with Crippen molar-refractivity contribution in [3.8, 4) is 0 Å². The summed E-state index contributed by atoms with van der Waals surface area (Å²) in [5.41, 5.74) is 0. The molecule has 15 heavy (non-hydrogen) atoms. The van der Waals surface area contributed by atoms with Crippen LogP contribution in [-0.4, -0.2) is 47.3 Å². The van der Waals surface area contributed by atoms with Gasteiger partial charge in [0.2, 0.25) is 5.91 Å². The maximum absolute atomic E-state index is 11.5. The number of carbonyl (C=O) groups is 2. The van der Waals surface area contributed by atoms with Gasteiger partial charge in [-0.1, -0.05) is 0 Å². The maximum atomic E-state index is 11.5. The van der Waals surface area contributed by atoms with Gasteiger partial charge < -0.3 is 20.8 Å². The zero-order valence-electron chi connectivity index (χ0n) is 8.40. The van der Waals surface area contributed by atoms with Crippen LogP contribution in [0.1, 0.15) is 19.3 Å². The molecule has 6 heteroatoms. The Kier molecular flexibility index (Phi) is 4.51. The highest BCUT2D eigenvalue weighted by Crippen LogP contribution is 2.05. The number of carboxylic acids is 1. The van der Waals surface area contributed by atoms with Crippen LogP contribution in [0.15, 0.2) is 0 Å². The first-order valence-corrected chi connectivity index (χ1v) is 5.02. The van der Waals surface area contributed by atoms with Crippen LogP contribution in [0.5, 0.6) is 0 Å². The molecule has 0 aromatic rings. The molecular formula is C9H16N2O4. The van der Waals surface area contributed by atoms with Crippen molar-refractivity contribution in [1.29, 1.82) is 0 Å². The molecule has 0 radical (unpaired) electrons. The van der Waals surface area contributed by atoms with E-state index in [0.717, 1.165) is 19.4 Å². The van der Waals surface area contributed by atoms with E-state index in [9.17, 15) is 9.59 Å². The number of hydrogen-bond donors (Lipinski definition) is 4. The maximum Gasteiger partial charge on any atom is 0.326 e. The smallest absolute Gasteiger partial charge is 0.326 e. The number of carbonyl (C=O) groups excluding carboxylic acids is 1. The summed E-state index contributed by atoms with van der Waals surface area (Å²) in [4.78, 5) is 22.2. The molecule has 6 nitrogen and oxygen atoms in total. The molecule has 4 N–H and O–H groups in total. The van der Waals surface area contributed by atoms with Crippen molar-refractivity contribution < 1.29 is 19.8 Å². The average Bonchev–Trinajstić information content (AvgIpc) is 2.69. The van der Waals surface area contributed by atoms with E-state index in [4.69, 9.17) is 10.2 Å². The van der Waals surface area contributed by atoms with Gasteiger partial charge in [0.25, 0.3) is 0 Å². The lowest BCUT2D eigenvalue weighted by molar-refractivity contribution is -0.142. The summed E-state index contributed by atoms with van der Waals surface area (Å²) in [6.07, 6.45) is 1.70. The van der Waals surface area contributed by atoms with Crippen LogP contribution in [0.25, 0.3) is 0 Å². The normalized spacial score (nSPS) is 22.3. The molecule has 1 unspecified atom stereocenters. The molecule has 0 spiro atoms. The Morgan fingerprint density at radius 1 is 1.53 bits per heavy atom. The van der Waals surface area contributed by atoms with E-state index in [1.165, 1.54) is 0 Å². The third kappa shape index (κ3) is 3.49. The second kappa shape index (κ2) is 5.67. The molecular weight excluding hydrogens is 200 g/mol. The lowest BCUT2D eigenvalue weighted by Gasteiger charge is -2.16. The van der Waals surface area contributed by atoms with Crippen LogP contribution in [-0.2, 0) is 9.59 Å². The van der Waals surface area contributed by atoms with Crippen molar-refractivity contribution in [2.75, 3.05) is 13.2 Å². The Balaban J connectivity index is 2.42. The summed E-state index contributed by atoms with van der Waals surface area (Å²) in [5, 5.41) is 22.8. The van der Waals surface area contributed by atoms with Crippen molar-refractivity contribution in [3.63, 3.8) is 0 Å². The fourth-order valence-electron chi connectivity index (χ4n) is 1.57. The van der Waals surface area contributed by atoms with Crippen molar-refractivity contribution in [1.82, 2.24) is 10.6 Å². The van der Waals surface area contributed by atoms with E-state index < -0.39 is 12.0 Å². The largest absolute Gasteiger partial charge is 0.480 e. The summed E-state index contributed by atoms with van der Waals surface area (Å²) in [7, 11) is 0. The molecule has 0 bridgehead atoms. The Morgan fingerprint density at radius 2 is 2.27 bits per heavy atom. The first-order chi connectivity index (χ1) is 7.15. The highest BCUT2D eigenvalue weighted by atomic mass is 16.4. The second-order valence-corrected chi connectivity index (χ2v) is 3.56. The van der Waals surface area contributed by atoms with Crippen LogP contribution in [0.3, 0.4) is 0 Å². The molecule has 1 rings (SSSR count). The molecule has 1 fully saturated rings. The van der Waals surface area contributed by atoms with Crippen LogP contribution in [0.2, 0.25) is 0 Å². The Hall–Kier alpha value is -1.14. The van der Waals surface area contributed by atoms with Gasteiger partial charge in [0.1, 0.15) is 6.04 Å². The van der Waals surface area contributed by atoms with Crippen LogP contribution in [0.4, 0.5) is 0 Å². The molecule has 0 aromatic carbocycles. The van der Waals surface area contributed by atoms with Crippen molar-refractivity contribution in [3.05, 3.63) is 0 Å². The highest BCUT2D eigenvalue weighted by Gasteiger charge is 2.26. The minimum absolute atomic E-state index is 0.0355. The summed E-state index contributed by atoms with van der Waals surface area (Å²) < 4.78 is 0. The van der Waals surface area contributed by atoms with Crippen molar-refractivity contribution in [2.24, 2.45) is 0 Å². The van der Waals surface area contributed by atoms with Crippen molar-refractivity contribution >= 4 is 11.9 Å². The number of hydrogen-bond acceptors (Lipinski definition) is 4. The van der Waals surface area contributed by atoms with Gasteiger partial charge in [0, 0.05) is 13.0 Å². The van der Waals surface area contributed by atoms with Crippen LogP contribution in [0, 0.1) is 0 Å². The van der Waals surface area contributed by atoms with Gasteiger partial charge in [0.05, 0.1) is 6.04 Å². The number of aliphatic hydroxyl groups is 1. The van der Waals surface area contributed by atoms with Gasteiger partial charge in [-0.25, -0.2) is 4.79 Å². The number of aliphatic hydroxyl groups excluding tert-OH is 1. The zero-order valence-corrected chi connectivity index (χ0v) is 8.40. The second-order valence-electron chi connectivity index (χ2n) is 3.56. The highest BCUT2D eigenvalue weighted by molar-refractivity contribution is 5.87. The topological polar surface area (TPSA) is 98.7 Å². The number of carboxylic acid groups (broad SMARTS) is 1. The molecule has 1 aliphatic rings. The molecule has 0 aromatic heterocycles. The van der Waals surface area contributed by atoms with Gasteiger partial charge >= 0.3 is 5.97 Å². The number of aliphatic carboxylic acids is 1. The predicted molar refractivity (Wildman–Crippen MR) is 52.3 cm³/mol. The fraction of sp³-hybridized carbons (Fsp3) is 0.778. The Labute approximate surface area is 87.7 Å². The summed E-state index contributed by atoms with van der Waals surface area (Å²) in [5.74, 6) is -1.41. The average molecular weight is 216 g/mol. The van der Waals surface area contributed by atoms with Gasteiger partial charge in [0.15, 0.2) is 0 Å². The molecule has 0 aliphatic carbocycles. The predicted octanol–water partition coefficient (Wildman–Crippen LogP) is -1.31. The van der Waals surface area contributed by atoms with Crippen molar-refractivity contribution in [2.45, 2.75) is 31.3 Å². The third-order valence-electron chi connectivity index (χ3n) is 2.41. The summed E-state index contributed by atoms with van der Waals surface area (Å²) in [6, 6.07) is -1.28. The first kappa shape index (κ1) is 11.9. The summed E-state index contributed by atoms with van der Waals surface area (Å²) in [6.45, 7) is 0.533. The molecule has 0 saturated carbocycles. The van der Waals surface area contributed by atoms with Gasteiger partial charge in [-0.3, -0.25) is 4.79 Å². The van der Waals surface area contributed by atoms with E-state index in [0.29, 0.717) is 0 Å². The zero-order chi connectivity index (χ0) is 11.3. The molecule has 1 amide bonds. The number of nitrogens with one attached hydrogen (secondary N) is 2. The number of amides is 1. The Morgan fingerprint density at radius 3 is 2.73 bits per heavy atom. The fourth-order valence-corrected chi connectivity index (χ4v) is 1.57. The number of rotatable bonds is 5. The molecule has 1 heterocycles. The van der Waals surface area contributed by atoms with Crippen LogP contribution >= 0.6 is 0 Å². The van der Waals surface area contributed by atoms with E-state index in [1.54, 1.807) is 0 Å². The standard InChI is InChI=1S/C9H16N2O4/c12-5-3-7(9(14)15)11-8(13)6-2-1-4-10-6/h6-7,10,12H,1-5H2,(H,11,13)(H,14,15)/t6-,7?/m1/s1. The SMILES string of the molecule is O=C(O)C(CCO)NC(=O)[C@H]1CCCN1. The van der Waals surface area contributed by atoms with Gasteiger partial charge in [-0.15, -0.1) is 0 Å². The first-order valence-electron chi connectivity index (χ1n) is 5.02. The van der Waals surface area contributed by atoms with E-state index >= 15 is 0 Å². The van der Waals surface area contributed by atoms with E-state index in [-0.39, 0.29) is 25.0 Å². The van der Waals surface area contributed by atoms with E-state index in [2.05, 4.69) is 10.6 Å². The van der Waals surface area contributed by atoms with Gasteiger partial charge in [-0.2, -0.15) is 0 Å². The minimum atomic E-state index is -1.12.